The largest absolute Gasteiger partial charge is 0.454 e. The normalized spacial score (nSPS) is 12.5. The third-order valence-corrected chi connectivity index (χ3v) is 4.07. The average Bonchev–Trinajstić information content (AvgIpc) is 3.24. The summed E-state index contributed by atoms with van der Waals surface area (Å²) in [5.41, 5.74) is 1.13. The van der Waals surface area contributed by atoms with Crippen LogP contribution in [0, 0.1) is 0 Å². The summed E-state index contributed by atoms with van der Waals surface area (Å²) in [6.07, 6.45) is -0.487. The number of hydrogen-bond donors (Lipinski definition) is 2. The highest BCUT2D eigenvalue weighted by Gasteiger charge is 2.15. The summed E-state index contributed by atoms with van der Waals surface area (Å²) in [5.74, 6) is 1.11. The van der Waals surface area contributed by atoms with Crippen molar-refractivity contribution in [3.05, 3.63) is 29.3 Å². The van der Waals surface area contributed by atoms with E-state index in [2.05, 4.69) is 15.6 Å². The quantitative estimate of drug-likeness (QED) is 0.737. The van der Waals surface area contributed by atoms with E-state index in [9.17, 15) is 4.79 Å². The summed E-state index contributed by atoms with van der Waals surface area (Å²) in [5, 5.41) is 8.13. The molecule has 2 heterocycles. The first-order valence-corrected chi connectivity index (χ1v) is 8.03. The van der Waals surface area contributed by atoms with Crippen LogP contribution in [0.4, 0.5) is 10.8 Å². The zero-order valence-electron chi connectivity index (χ0n) is 13.2. The molecule has 1 amide bonds. The van der Waals surface area contributed by atoms with Crippen LogP contribution < -0.4 is 20.1 Å². The molecule has 0 unspecified atom stereocenters. The van der Waals surface area contributed by atoms with Crippen LogP contribution in [0.25, 0.3) is 0 Å². The summed E-state index contributed by atoms with van der Waals surface area (Å²) in [6.45, 7) is 0.471. The Morgan fingerprint density at radius 2 is 2.12 bits per heavy atom. The van der Waals surface area contributed by atoms with Crippen molar-refractivity contribution in [3.8, 4) is 11.5 Å². The lowest BCUT2D eigenvalue weighted by atomic mass is 10.3. The van der Waals surface area contributed by atoms with Crippen molar-refractivity contribution in [3.63, 3.8) is 0 Å². The summed E-state index contributed by atoms with van der Waals surface area (Å²) >= 11 is 1.33. The van der Waals surface area contributed by atoms with E-state index >= 15 is 0 Å². The van der Waals surface area contributed by atoms with Crippen LogP contribution in [0.5, 0.6) is 11.5 Å². The van der Waals surface area contributed by atoms with Crippen LogP contribution in [0.2, 0.25) is 0 Å². The van der Waals surface area contributed by atoms with Crippen molar-refractivity contribution in [2.24, 2.45) is 0 Å². The zero-order chi connectivity index (χ0) is 16.9. The molecule has 0 fully saturated rings. The molecule has 0 spiro atoms. The van der Waals surface area contributed by atoms with Gasteiger partial charge in [0, 0.05) is 31.4 Å². The number of carbonyl (C=O) groups excluding carboxylic acids is 1. The van der Waals surface area contributed by atoms with Crippen LogP contribution in [-0.4, -0.2) is 44.7 Å². The van der Waals surface area contributed by atoms with Gasteiger partial charge in [0.15, 0.2) is 22.9 Å². The van der Waals surface area contributed by atoms with Crippen molar-refractivity contribution in [1.29, 1.82) is 0 Å². The number of hydrogen-bond acceptors (Lipinski definition) is 8. The predicted octanol–water partition coefficient (Wildman–Crippen LogP) is 1.96. The fourth-order valence-corrected chi connectivity index (χ4v) is 2.77. The highest BCUT2D eigenvalue weighted by molar-refractivity contribution is 7.14. The van der Waals surface area contributed by atoms with Gasteiger partial charge in [0.1, 0.15) is 5.69 Å². The Balaban J connectivity index is 1.60. The number of methoxy groups -OCH3 is 2. The Kier molecular flexibility index (Phi) is 5.14. The van der Waals surface area contributed by atoms with Gasteiger partial charge in [-0.3, -0.25) is 4.79 Å². The first-order valence-electron chi connectivity index (χ1n) is 7.15. The van der Waals surface area contributed by atoms with E-state index in [0.29, 0.717) is 22.3 Å². The summed E-state index contributed by atoms with van der Waals surface area (Å²) in [6, 6.07) is 5.50. The maximum Gasteiger partial charge on any atom is 0.271 e. The Bertz CT molecular complexity index is 717. The van der Waals surface area contributed by atoms with Crippen LogP contribution >= 0.6 is 11.3 Å². The minimum Gasteiger partial charge on any atom is -0.454 e. The number of anilines is 2. The maximum absolute atomic E-state index is 12.1. The molecule has 1 aromatic carbocycles. The molecule has 1 aromatic heterocycles. The standard InChI is InChI=1S/C15H17N3O5S/c1-20-13(21-2)6-16-14(19)10-7-24-15(18-10)17-9-3-4-11-12(5-9)23-8-22-11/h3-5,7,13H,6,8H2,1-2H3,(H,16,19)(H,17,18). The molecule has 128 valence electrons. The third kappa shape index (κ3) is 3.75. The molecule has 0 saturated carbocycles. The van der Waals surface area contributed by atoms with Crippen LogP contribution in [0.1, 0.15) is 10.5 Å². The lowest BCUT2D eigenvalue weighted by Crippen LogP contribution is -2.34. The van der Waals surface area contributed by atoms with E-state index in [4.69, 9.17) is 18.9 Å². The van der Waals surface area contributed by atoms with E-state index in [1.165, 1.54) is 25.6 Å². The smallest absolute Gasteiger partial charge is 0.271 e. The second-order valence-corrected chi connectivity index (χ2v) is 5.70. The van der Waals surface area contributed by atoms with Gasteiger partial charge in [-0.2, -0.15) is 0 Å². The van der Waals surface area contributed by atoms with Crippen LogP contribution in [-0.2, 0) is 9.47 Å². The summed E-state index contributed by atoms with van der Waals surface area (Å²) in [7, 11) is 3.02. The van der Waals surface area contributed by atoms with Crippen LogP contribution in [0.3, 0.4) is 0 Å². The van der Waals surface area contributed by atoms with Gasteiger partial charge in [0.2, 0.25) is 6.79 Å². The van der Waals surface area contributed by atoms with Crippen molar-refractivity contribution < 1.29 is 23.7 Å². The molecule has 0 saturated heterocycles. The van der Waals surface area contributed by atoms with Gasteiger partial charge in [-0.05, 0) is 12.1 Å². The molecule has 1 aliphatic rings. The highest BCUT2D eigenvalue weighted by atomic mass is 32.1. The zero-order valence-corrected chi connectivity index (χ0v) is 14.0. The monoisotopic (exact) mass is 351 g/mol. The predicted molar refractivity (Wildman–Crippen MR) is 88.1 cm³/mol. The lowest BCUT2D eigenvalue weighted by Gasteiger charge is -2.13. The van der Waals surface area contributed by atoms with Gasteiger partial charge in [0.25, 0.3) is 5.91 Å². The van der Waals surface area contributed by atoms with E-state index in [0.717, 1.165) is 5.69 Å². The Hall–Kier alpha value is -2.36. The SMILES string of the molecule is COC(CNC(=O)c1csc(Nc2ccc3c(c2)OCO3)n1)OC. The molecule has 0 atom stereocenters. The molecule has 3 rings (SSSR count). The Morgan fingerprint density at radius 3 is 2.92 bits per heavy atom. The second kappa shape index (κ2) is 7.47. The number of fused-ring (bicyclic) bond motifs is 1. The third-order valence-electron chi connectivity index (χ3n) is 3.32. The number of aromatic nitrogens is 1. The van der Waals surface area contributed by atoms with Gasteiger partial charge < -0.3 is 29.6 Å². The number of carbonyl (C=O) groups is 1. The highest BCUT2D eigenvalue weighted by Crippen LogP contribution is 2.35. The van der Waals surface area contributed by atoms with E-state index in [1.54, 1.807) is 5.38 Å². The number of amides is 1. The number of thiazole rings is 1. The average molecular weight is 351 g/mol. The molecule has 8 nitrogen and oxygen atoms in total. The number of rotatable bonds is 7. The molecular weight excluding hydrogens is 334 g/mol. The van der Waals surface area contributed by atoms with Crippen molar-refractivity contribution >= 4 is 28.1 Å². The molecule has 9 heteroatoms. The number of benzene rings is 1. The van der Waals surface area contributed by atoms with Crippen molar-refractivity contribution in [2.45, 2.75) is 6.29 Å². The summed E-state index contributed by atoms with van der Waals surface area (Å²) in [4.78, 5) is 16.3. The minimum absolute atomic E-state index is 0.226. The Labute approximate surface area is 142 Å². The molecule has 2 N–H and O–H groups in total. The van der Waals surface area contributed by atoms with Gasteiger partial charge >= 0.3 is 0 Å². The number of ether oxygens (including phenoxy) is 4. The molecule has 2 aromatic rings. The van der Waals surface area contributed by atoms with Gasteiger partial charge in [-0.15, -0.1) is 11.3 Å². The van der Waals surface area contributed by atoms with Crippen LogP contribution in [0.15, 0.2) is 23.6 Å². The first kappa shape index (κ1) is 16.5. The van der Waals surface area contributed by atoms with E-state index in [1.807, 2.05) is 18.2 Å². The molecule has 0 radical (unpaired) electrons. The second-order valence-electron chi connectivity index (χ2n) is 4.84. The topological polar surface area (TPSA) is 90.9 Å². The molecule has 0 bridgehead atoms. The van der Waals surface area contributed by atoms with Gasteiger partial charge in [-0.25, -0.2) is 4.98 Å². The van der Waals surface area contributed by atoms with E-state index in [-0.39, 0.29) is 19.2 Å². The Morgan fingerprint density at radius 1 is 1.33 bits per heavy atom. The summed E-state index contributed by atoms with van der Waals surface area (Å²) < 4.78 is 20.6. The molecule has 24 heavy (non-hydrogen) atoms. The number of nitrogens with zero attached hydrogens (tertiary/aromatic N) is 1. The molecular formula is C15H17N3O5S. The lowest BCUT2D eigenvalue weighted by molar-refractivity contribution is -0.0974. The maximum atomic E-state index is 12.1. The van der Waals surface area contributed by atoms with E-state index < -0.39 is 6.29 Å². The van der Waals surface area contributed by atoms with Gasteiger partial charge in [0.05, 0.1) is 6.54 Å². The van der Waals surface area contributed by atoms with Crippen molar-refractivity contribution in [1.82, 2.24) is 10.3 Å². The fraction of sp³-hybridized carbons (Fsp3) is 0.333. The number of nitrogens with one attached hydrogen (secondary N) is 2. The minimum atomic E-state index is -0.487. The molecule has 0 aliphatic carbocycles. The first-order chi connectivity index (χ1) is 11.7. The molecule has 1 aliphatic heterocycles. The van der Waals surface area contributed by atoms with Gasteiger partial charge in [-0.1, -0.05) is 0 Å². The van der Waals surface area contributed by atoms with Crippen molar-refractivity contribution in [2.75, 3.05) is 32.9 Å². The fourth-order valence-electron chi connectivity index (χ4n) is 2.06.